The number of rotatable bonds is 3. The lowest BCUT2D eigenvalue weighted by atomic mass is 10.1. The van der Waals surface area contributed by atoms with Crippen molar-refractivity contribution >= 4 is 11.7 Å². The first-order chi connectivity index (χ1) is 7.60. The zero-order valence-corrected chi connectivity index (χ0v) is 9.50. The van der Waals surface area contributed by atoms with Crippen molar-refractivity contribution in [1.29, 1.82) is 0 Å². The zero-order valence-electron chi connectivity index (χ0n) is 9.50. The fourth-order valence-corrected chi connectivity index (χ4v) is 1.38. The number of amides is 1. The van der Waals surface area contributed by atoms with Crippen LogP contribution in [0.3, 0.4) is 0 Å². The zero-order chi connectivity index (χ0) is 12.1. The van der Waals surface area contributed by atoms with Gasteiger partial charge in [0.05, 0.1) is 12.7 Å². The van der Waals surface area contributed by atoms with Crippen LogP contribution in [0.25, 0.3) is 5.76 Å². The molecule has 0 aromatic heterocycles. The van der Waals surface area contributed by atoms with Gasteiger partial charge in [0.2, 0.25) is 5.91 Å². The summed E-state index contributed by atoms with van der Waals surface area (Å²) in [4.78, 5) is 11.4. The molecule has 1 N–H and O–H groups in total. The van der Waals surface area contributed by atoms with Gasteiger partial charge in [0.25, 0.3) is 0 Å². The van der Waals surface area contributed by atoms with Crippen LogP contribution < -0.4 is 5.32 Å². The molecule has 0 spiro atoms. The molecule has 86 valence electrons. The van der Waals surface area contributed by atoms with E-state index in [-0.39, 0.29) is 11.7 Å². The number of halogens is 1. The highest BCUT2D eigenvalue weighted by molar-refractivity contribution is 5.99. The van der Waals surface area contributed by atoms with Crippen LogP contribution in [0.2, 0.25) is 0 Å². The summed E-state index contributed by atoms with van der Waals surface area (Å²) in [5, 5.41) is 2.51. The van der Waals surface area contributed by atoms with E-state index in [4.69, 9.17) is 4.74 Å². The third kappa shape index (κ3) is 2.59. The summed E-state index contributed by atoms with van der Waals surface area (Å²) in [6.45, 7) is 1.65. The highest BCUT2D eigenvalue weighted by Gasteiger charge is 2.11. The predicted octanol–water partition coefficient (Wildman–Crippen LogP) is 1.95. The first kappa shape index (κ1) is 12.2. The van der Waals surface area contributed by atoms with E-state index < -0.39 is 0 Å². The van der Waals surface area contributed by atoms with Crippen LogP contribution in [0, 0.1) is 5.82 Å². The van der Waals surface area contributed by atoms with E-state index in [0.29, 0.717) is 16.9 Å². The molecule has 0 unspecified atom stereocenters. The van der Waals surface area contributed by atoms with Gasteiger partial charge in [-0.15, -0.1) is 0 Å². The normalized spacial score (nSPS) is 11.8. The van der Waals surface area contributed by atoms with E-state index >= 15 is 0 Å². The molecule has 0 fully saturated rings. The molecule has 1 aromatic rings. The standard InChI is InChI=1S/C12H14FNO2/c1-8(12(15)14-2)11(16-3)9-4-6-10(13)7-5-9/h4-7H,1-3H3,(H,14,15). The summed E-state index contributed by atoms with van der Waals surface area (Å²) in [5.41, 5.74) is 1.13. The summed E-state index contributed by atoms with van der Waals surface area (Å²) < 4.78 is 17.9. The summed E-state index contributed by atoms with van der Waals surface area (Å²) >= 11 is 0. The van der Waals surface area contributed by atoms with E-state index in [1.807, 2.05) is 0 Å². The van der Waals surface area contributed by atoms with Crippen LogP contribution >= 0.6 is 0 Å². The van der Waals surface area contributed by atoms with Crippen molar-refractivity contribution in [3.05, 3.63) is 41.2 Å². The second kappa shape index (κ2) is 5.30. The number of hydrogen-bond acceptors (Lipinski definition) is 2. The Morgan fingerprint density at radius 1 is 1.31 bits per heavy atom. The Kier molecular flexibility index (Phi) is 4.05. The van der Waals surface area contributed by atoms with E-state index in [1.54, 1.807) is 26.1 Å². The van der Waals surface area contributed by atoms with Crippen LogP contribution in [0.5, 0.6) is 0 Å². The number of hydrogen-bond donors (Lipinski definition) is 1. The van der Waals surface area contributed by atoms with Gasteiger partial charge in [0, 0.05) is 12.6 Å². The van der Waals surface area contributed by atoms with Crippen molar-refractivity contribution in [2.45, 2.75) is 6.92 Å². The Morgan fingerprint density at radius 3 is 2.31 bits per heavy atom. The van der Waals surface area contributed by atoms with Crippen LogP contribution in [0.4, 0.5) is 4.39 Å². The van der Waals surface area contributed by atoms with E-state index in [2.05, 4.69) is 5.32 Å². The molecule has 0 aliphatic carbocycles. The molecule has 1 amide bonds. The Morgan fingerprint density at radius 2 is 1.88 bits per heavy atom. The Labute approximate surface area is 93.9 Å². The molecule has 0 radical (unpaired) electrons. The van der Waals surface area contributed by atoms with Gasteiger partial charge in [-0.2, -0.15) is 0 Å². The minimum Gasteiger partial charge on any atom is -0.496 e. The lowest BCUT2D eigenvalue weighted by Gasteiger charge is -2.10. The second-order valence-electron chi connectivity index (χ2n) is 3.24. The second-order valence-corrected chi connectivity index (χ2v) is 3.24. The van der Waals surface area contributed by atoms with Crippen LogP contribution in [0.1, 0.15) is 12.5 Å². The predicted molar refractivity (Wildman–Crippen MR) is 60.1 cm³/mol. The molecule has 0 aliphatic rings. The fourth-order valence-electron chi connectivity index (χ4n) is 1.38. The monoisotopic (exact) mass is 223 g/mol. The maximum atomic E-state index is 12.7. The summed E-state index contributed by atoms with van der Waals surface area (Å²) in [5.74, 6) is -0.0997. The summed E-state index contributed by atoms with van der Waals surface area (Å²) in [6, 6.07) is 5.79. The number of nitrogens with one attached hydrogen (secondary N) is 1. The first-order valence-electron chi connectivity index (χ1n) is 4.83. The van der Waals surface area contributed by atoms with Crippen molar-refractivity contribution in [2.24, 2.45) is 0 Å². The highest BCUT2D eigenvalue weighted by Crippen LogP contribution is 2.19. The number of methoxy groups -OCH3 is 1. The van der Waals surface area contributed by atoms with E-state index in [0.717, 1.165) is 0 Å². The van der Waals surface area contributed by atoms with Gasteiger partial charge < -0.3 is 10.1 Å². The minimum atomic E-state index is -0.322. The van der Waals surface area contributed by atoms with Crippen molar-refractivity contribution < 1.29 is 13.9 Å². The lowest BCUT2D eigenvalue weighted by Crippen LogP contribution is -2.20. The van der Waals surface area contributed by atoms with Gasteiger partial charge in [-0.25, -0.2) is 4.39 Å². The lowest BCUT2D eigenvalue weighted by molar-refractivity contribution is -0.117. The molecule has 0 bridgehead atoms. The van der Waals surface area contributed by atoms with Gasteiger partial charge in [0.15, 0.2) is 0 Å². The van der Waals surface area contributed by atoms with Gasteiger partial charge >= 0.3 is 0 Å². The molecule has 0 saturated heterocycles. The SMILES string of the molecule is CNC(=O)C(C)=C(OC)c1ccc(F)cc1. The minimum absolute atomic E-state index is 0.221. The summed E-state index contributed by atoms with van der Waals surface area (Å²) in [7, 11) is 3.02. The van der Waals surface area contributed by atoms with Gasteiger partial charge in [-0.05, 0) is 31.2 Å². The topological polar surface area (TPSA) is 38.3 Å². The Balaban J connectivity index is 3.16. The first-order valence-corrected chi connectivity index (χ1v) is 4.83. The van der Waals surface area contributed by atoms with E-state index in [1.165, 1.54) is 19.2 Å². The molecule has 0 aliphatic heterocycles. The number of benzene rings is 1. The molecule has 4 heteroatoms. The van der Waals surface area contributed by atoms with Crippen LogP contribution in [-0.4, -0.2) is 20.1 Å². The average Bonchev–Trinajstić information content (AvgIpc) is 2.31. The quantitative estimate of drug-likeness (QED) is 0.628. The van der Waals surface area contributed by atoms with Gasteiger partial charge in [-0.3, -0.25) is 4.79 Å². The van der Waals surface area contributed by atoms with Crippen LogP contribution in [-0.2, 0) is 9.53 Å². The maximum absolute atomic E-state index is 12.7. The Hall–Kier alpha value is -1.84. The molecule has 0 saturated carbocycles. The van der Waals surface area contributed by atoms with Crippen LogP contribution in [0.15, 0.2) is 29.8 Å². The third-order valence-electron chi connectivity index (χ3n) is 2.22. The highest BCUT2D eigenvalue weighted by atomic mass is 19.1. The molecule has 16 heavy (non-hydrogen) atoms. The largest absolute Gasteiger partial charge is 0.496 e. The third-order valence-corrected chi connectivity index (χ3v) is 2.22. The van der Waals surface area contributed by atoms with E-state index in [9.17, 15) is 9.18 Å². The molecule has 3 nitrogen and oxygen atoms in total. The van der Waals surface area contributed by atoms with Crippen molar-refractivity contribution in [2.75, 3.05) is 14.2 Å². The number of carbonyl (C=O) groups is 1. The van der Waals surface area contributed by atoms with Gasteiger partial charge in [-0.1, -0.05) is 0 Å². The number of ether oxygens (including phenoxy) is 1. The molecule has 0 atom stereocenters. The number of likely N-dealkylation sites (N-methyl/N-ethyl adjacent to an activating group) is 1. The molecule has 1 rings (SSSR count). The van der Waals surface area contributed by atoms with Crippen molar-refractivity contribution in [3.8, 4) is 0 Å². The fraction of sp³-hybridized carbons (Fsp3) is 0.250. The molecule has 0 heterocycles. The average molecular weight is 223 g/mol. The number of carbonyl (C=O) groups excluding carboxylic acids is 1. The Bertz CT molecular complexity index is 410. The summed E-state index contributed by atoms with van der Waals surface area (Å²) in [6.07, 6.45) is 0. The molecular formula is C12H14FNO2. The van der Waals surface area contributed by atoms with Crippen molar-refractivity contribution in [1.82, 2.24) is 5.32 Å². The molecule has 1 aromatic carbocycles. The van der Waals surface area contributed by atoms with Crippen molar-refractivity contribution in [3.63, 3.8) is 0 Å². The molecular weight excluding hydrogens is 209 g/mol. The maximum Gasteiger partial charge on any atom is 0.250 e. The van der Waals surface area contributed by atoms with Gasteiger partial charge in [0.1, 0.15) is 11.6 Å². The smallest absolute Gasteiger partial charge is 0.250 e.